The number of fused-ring (bicyclic) bond motifs is 1. The van der Waals surface area contributed by atoms with Crippen LogP contribution in [0.25, 0.3) is 10.9 Å². The molecule has 0 aliphatic rings. The van der Waals surface area contributed by atoms with E-state index in [1.54, 1.807) is 30.3 Å². The van der Waals surface area contributed by atoms with E-state index in [0.717, 1.165) is 44.6 Å². The lowest BCUT2D eigenvalue weighted by atomic mass is 9.98. The van der Waals surface area contributed by atoms with Crippen LogP contribution in [0.2, 0.25) is 0 Å². The van der Waals surface area contributed by atoms with Crippen molar-refractivity contribution in [3.8, 4) is 0 Å². The minimum atomic E-state index is -1.01. The van der Waals surface area contributed by atoms with Crippen molar-refractivity contribution in [3.63, 3.8) is 0 Å². The van der Waals surface area contributed by atoms with Gasteiger partial charge in [-0.25, -0.2) is 4.79 Å². The maximum absolute atomic E-state index is 13.0. The van der Waals surface area contributed by atoms with Gasteiger partial charge in [0.05, 0.1) is 11.1 Å². The van der Waals surface area contributed by atoms with Gasteiger partial charge >= 0.3 is 5.97 Å². The average Bonchev–Trinajstić information content (AvgIpc) is 2.74. The minimum absolute atomic E-state index is 0.164. The molecule has 0 saturated carbocycles. The van der Waals surface area contributed by atoms with Crippen molar-refractivity contribution in [2.75, 3.05) is 7.05 Å². The molecule has 2 heterocycles. The lowest BCUT2D eigenvalue weighted by molar-refractivity contribution is -0.126. The van der Waals surface area contributed by atoms with Crippen LogP contribution in [-0.4, -0.2) is 38.9 Å². The molecule has 0 bridgehead atoms. The fourth-order valence-electron chi connectivity index (χ4n) is 4.26. The third-order valence-electron chi connectivity index (χ3n) is 5.81. The SMILES string of the molecule is C=C(/C=C(\C)Cc1cc(C(=O)O)c2ncc(C)cc2c1)C(=O)N(C)Cc1c(C)cc(C)nc1C. The van der Waals surface area contributed by atoms with E-state index in [2.05, 4.69) is 16.5 Å². The number of aryl methyl sites for hydroxylation is 4. The Kier molecular flexibility index (Phi) is 7.30. The predicted molar refractivity (Wildman–Crippen MR) is 135 cm³/mol. The Hall–Kier alpha value is -3.80. The standard InChI is InChI=1S/C28H31N3O3/c1-16(9-22-12-23-10-17(2)14-29-26(23)24(13-22)28(33)34)8-19(4)27(32)31(7)15-25-18(3)11-20(5)30-21(25)6/h8,10-14H,4,9,15H2,1-3,5-7H3,(H,33,34)/b16-8+. The zero-order valence-electron chi connectivity index (χ0n) is 20.7. The molecule has 0 unspecified atom stereocenters. The maximum atomic E-state index is 13.0. The zero-order valence-corrected chi connectivity index (χ0v) is 20.7. The van der Waals surface area contributed by atoms with E-state index in [1.165, 1.54) is 0 Å². The Morgan fingerprint density at radius 1 is 1.12 bits per heavy atom. The van der Waals surface area contributed by atoms with E-state index in [9.17, 15) is 14.7 Å². The van der Waals surface area contributed by atoms with E-state index in [1.807, 2.05) is 52.8 Å². The molecule has 0 spiro atoms. The van der Waals surface area contributed by atoms with Gasteiger partial charge < -0.3 is 10.0 Å². The number of carboxylic acid groups (broad SMARTS) is 1. The van der Waals surface area contributed by atoms with Gasteiger partial charge in [0, 0.05) is 42.1 Å². The highest BCUT2D eigenvalue weighted by atomic mass is 16.4. The van der Waals surface area contributed by atoms with Crippen LogP contribution in [0.15, 0.2) is 54.3 Å². The number of pyridine rings is 2. The quantitative estimate of drug-likeness (QED) is 0.386. The molecule has 34 heavy (non-hydrogen) atoms. The first-order valence-electron chi connectivity index (χ1n) is 11.1. The molecule has 0 aliphatic carbocycles. The number of aromatic nitrogens is 2. The highest BCUT2D eigenvalue weighted by Crippen LogP contribution is 2.23. The predicted octanol–water partition coefficient (Wildman–Crippen LogP) is 5.27. The number of rotatable bonds is 7. The summed E-state index contributed by atoms with van der Waals surface area (Å²) in [5.74, 6) is -1.18. The number of aromatic carboxylic acids is 1. The van der Waals surface area contributed by atoms with Gasteiger partial charge in [-0.05, 0) is 87.6 Å². The zero-order chi connectivity index (χ0) is 25.2. The number of benzene rings is 1. The van der Waals surface area contributed by atoms with Gasteiger partial charge in [-0.15, -0.1) is 0 Å². The monoisotopic (exact) mass is 457 g/mol. The third kappa shape index (κ3) is 5.57. The van der Waals surface area contributed by atoms with Crippen molar-refractivity contribution in [1.29, 1.82) is 0 Å². The Morgan fingerprint density at radius 2 is 1.82 bits per heavy atom. The Bertz CT molecular complexity index is 1320. The average molecular weight is 458 g/mol. The minimum Gasteiger partial charge on any atom is -0.478 e. The summed E-state index contributed by atoms with van der Waals surface area (Å²) in [4.78, 5) is 35.2. The summed E-state index contributed by atoms with van der Waals surface area (Å²) in [6.45, 7) is 14.2. The molecule has 3 rings (SSSR count). The van der Waals surface area contributed by atoms with E-state index >= 15 is 0 Å². The number of carbonyl (C=O) groups is 2. The van der Waals surface area contributed by atoms with Crippen molar-refractivity contribution in [2.45, 2.75) is 47.6 Å². The number of hydrogen-bond donors (Lipinski definition) is 1. The summed E-state index contributed by atoms with van der Waals surface area (Å²) in [6, 6.07) is 7.55. The summed E-state index contributed by atoms with van der Waals surface area (Å²) in [5.41, 5.74) is 7.77. The molecule has 0 fully saturated rings. The molecule has 6 heteroatoms. The number of amides is 1. The Balaban J connectivity index is 1.78. The van der Waals surface area contributed by atoms with Gasteiger partial charge in [0.15, 0.2) is 0 Å². The lowest BCUT2D eigenvalue weighted by Crippen LogP contribution is -2.27. The molecule has 0 atom stereocenters. The first-order valence-corrected chi connectivity index (χ1v) is 11.1. The highest BCUT2D eigenvalue weighted by Gasteiger charge is 2.16. The number of likely N-dealkylation sites (N-methyl/N-ethyl adjacent to an activating group) is 1. The van der Waals surface area contributed by atoms with Crippen molar-refractivity contribution >= 4 is 22.8 Å². The molecule has 1 N–H and O–H groups in total. The number of carbonyl (C=O) groups excluding carboxylic acids is 1. The van der Waals surface area contributed by atoms with Crippen LogP contribution in [0.5, 0.6) is 0 Å². The van der Waals surface area contributed by atoms with Crippen molar-refractivity contribution < 1.29 is 14.7 Å². The highest BCUT2D eigenvalue weighted by molar-refractivity contribution is 6.02. The van der Waals surface area contributed by atoms with E-state index in [0.29, 0.717) is 24.1 Å². The van der Waals surface area contributed by atoms with Gasteiger partial charge in [0.1, 0.15) is 0 Å². The molecule has 1 amide bonds. The van der Waals surface area contributed by atoms with E-state index in [-0.39, 0.29) is 11.5 Å². The molecule has 0 aliphatic heterocycles. The second kappa shape index (κ2) is 10.00. The molecule has 1 aromatic carbocycles. The van der Waals surface area contributed by atoms with Crippen LogP contribution in [0.3, 0.4) is 0 Å². The fourth-order valence-corrected chi connectivity index (χ4v) is 4.26. The first kappa shape index (κ1) is 24.8. The van der Waals surface area contributed by atoms with Gasteiger partial charge in [-0.1, -0.05) is 18.2 Å². The largest absolute Gasteiger partial charge is 0.478 e. The second-order valence-electron chi connectivity index (χ2n) is 9.03. The molecule has 176 valence electrons. The van der Waals surface area contributed by atoms with Gasteiger partial charge in [0.2, 0.25) is 0 Å². The molecule has 0 saturated heterocycles. The van der Waals surface area contributed by atoms with Crippen LogP contribution >= 0.6 is 0 Å². The molecule has 0 radical (unpaired) electrons. The molecule has 3 aromatic rings. The van der Waals surface area contributed by atoms with Crippen molar-refractivity contribution in [2.24, 2.45) is 0 Å². The summed E-state index contributed by atoms with van der Waals surface area (Å²) in [5, 5.41) is 10.4. The second-order valence-corrected chi connectivity index (χ2v) is 9.03. The van der Waals surface area contributed by atoms with E-state index in [4.69, 9.17) is 0 Å². The van der Waals surface area contributed by atoms with E-state index < -0.39 is 5.97 Å². The van der Waals surface area contributed by atoms with Gasteiger partial charge in [-0.3, -0.25) is 14.8 Å². The van der Waals surface area contributed by atoms with Crippen molar-refractivity contribution in [3.05, 3.63) is 93.5 Å². The van der Waals surface area contributed by atoms with Crippen molar-refractivity contribution in [1.82, 2.24) is 14.9 Å². The Morgan fingerprint density at radius 3 is 2.47 bits per heavy atom. The normalized spacial score (nSPS) is 11.5. The molecule has 2 aromatic heterocycles. The Labute approximate surface area is 200 Å². The first-order chi connectivity index (χ1) is 16.0. The van der Waals surface area contributed by atoms with Crippen LogP contribution < -0.4 is 0 Å². The number of allylic oxidation sites excluding steroid dienone is 1. The van der Waals surface area contributed by atoms with Crippen LogP contribution in [0.4, 0.5) is 0 Å². The summed E-state index contributed by atoms with van der Waals surface area (Å²) in [7, 11) is 1.76. The van der Waals surface area contributed by atoms with Crippen LogP contribution in [0.1, 0.15) is 50.9 Å². The van der Waals surface area contributed by atoms with Crippen LogP contribution in [0, 0.1) is 27.7 Å². The molecular formula is C28H31N3O3. The number of hydrogen-bond acceptors (Lipinski definition) is 4. The fraction of sp³-hybridized carbons (Fsp3) is 0.286. The summed E-state index contributed by atoms with van der Waals surface area (Å²) < 4.78 is 0. The maximum Gasteiger partial charge on any atom is 0.337 e. The number of nitrogens with zero attached hydrogens (tertiary/aromatic N) is 3. The lowest BCUT2D eigenvalue weighted by Gasteiger charge is -2.20. The number of carboxylic acids is 1. The summed E-state index contributed by atoms with van der Waals surface area (Å²) in [6.07, 6.45) is 3.94. The molecular weight excluding hydrogens is 426 g/mol. The molecule has 6 nitrogen and oxygen atoms in total. The third-order valence-corrected chi connectivity index (χ3v) is 5.81. The van der Waals surface area contributed by atoms with Crippen LogP contribution in [-0.2, 0) is 17.8 Å². The topological polar surface area (TPSA) is 83.4 Å². The van der Waals surface area contributed by atoms with Gasteiger partial charge in [-0.2, -0.15) is 0 Å². The van der Waals surface area contributed by atoms with Gasteiger partial charge in [0.25, 0.3) is 5.91 Å². The smallest absolute Gasteiger partial charge is 0.337 e. The summed E-state index contributed by atoms with van der Waals surface area (Å²) >= 11 is 0.